The van der Waals surface area contributed by atoms with Crippen molar-refractivity contribution in [2.75, 3.05) is 13.1 Å². The van der Waals surface area contributed by atoms with Crippen molar-refractivity contribution in [3.8, 4) is 0 Å². The minimum absolute atomic E-state index is 0.107. The first-order valence-corrected chi connectivity index (χ1v) is 10.3. The first-order chi connectivity index (χ1) is 13.6. The van der Waals surface area contributed by atoms with Gasteiger partial charge < -0.3 is 15.5 Å². The molecule has 3 N–H and O–H groups in total. The lowest BCUT2D eigenvalue weighted by Crippen LogP contribution is -2.52. The molecule has 3 heterocycles. The van der Waals surface area contributed by atoms with Gasteiger partial charge in [-0.3, -0.25) is 19.7 Å². The third-order valence-corrected chi connectivity index (χ3v) is 6.72. The molecule has 7 heteroatoms. The summed E-state index contributed by atoms with van der Waals surface area (Å²) in [6.07, 6.45) is 3.37. The van der Waals surface area contributed by atoms with Crippen LogP contribution >= 0.6 is 0 Å². The zero-order chi connectivity index (χ0) is 19.3. The van der Waals surface area contributed by atoms with E-state index in [1.54, 1.807) is 4.90 Å². The minimum Gasteiger partial charge on any atom is -0.322 e. The van der Waals surface area contributed by atoms with Crippen LogP contribution in [0.4, 0.5) is 0 Å². The van der Waals surface area contributed by atoms with Crippen molar-refractivity contribution >= 4 is 17.7 Å². The van der Waals surface area contributed by atoms with Crippen molar-refractivity contribution < 1.29 is 14.4 Å². The summed E-state index contributed by atoms with van der Waals surface area (Å²) in [6.45, 7) is 3.26. The monoisotopic (exact) mass is 382 g/mol. The zero-order valence-electron chi connectivity index (χ0n) is 15.9. The molecule has 3 fully saturated rings. The van der Waals surface area contributed by atoms with Crippen LogP contribution in [0.1, 0.15) is 47.2 Å². The molecule has 3 aliphatic heterocycles. The largest absolute Gasteiger partial charge is 0.322 e. The fourth-order valence-electron chi connectivity index (χ4n) is 5.00. The van der Waals surface area contributed by atoms with Crippen molar-refractivity contribution in [2.45, 2.75) is 50.9 Å². The fourth-order valence-corrected chi connectivity index (χ4v) is 5.00. The van der Waals surface area contributed by atoms with Crippen LogP contribution in [0.25, 0.3) is 0 Å². The number of piperidine rings is 1. The van der Waals surface area contributed by atoms with Gasteiger partial charge in [0.05, 0.1) is 0 Å². The summed E-state index contributed by atoms with van der Waals surface area (Å²) in [5.41, 5.74) is 2.83. The minimum atomic E-state index is -0.559. The van der Waals surface area contributed by atoms with Gasteiger partial charge in [0.2, 0.25) is 11.8 Å². The molecule has 4 aliphatic rings. The Bertz CT molecular complexity index is 835. The quantitative estimate of drug-likeness (QED) is 0.647. The Morgan fingerprint density at radius 3 is 2.75 bits per heavy atom. The van der Waals surface area contributed by atoms with Crippen LogP contribution in [-0.4, -0.2) is 47.8 Å². The third kappa shape index (κ3) is 3.12. The summed E-state index contributed by atoms with van der Waals surface area (Å²) in [6, 6.07) is 5.76. The van der Waals surface area contributed by atoms with Crippen molar-refractivity contribution in [3.63, 3.8) is 0 Å². The van der Waals surface area contributed by atoms with Gasteiger partial charge in [-0.25, -0.2) is 0 Å². The average Bonchev–Trinajstić information content (AvgIpc) is 3.33. The summed E-state index contributed by atoms with van der Waals surface area (Å²) in [7, 11) is 0. The SMILES string of the molecule is O=C1CCC(N2Cc3c(CNC4CNCC4C4CC4)cccc3C2=O)C(=O)N1. The number of carbonyl (C=O) groups excluding carboxylic acids is 3. The molecule has 0 radical (unpaired) electrons. The van der Waals surface area contributed by atoms with Crippen molar-refractivity contribution in [2.24, 2.45) is 11.8 Å². The molecule has 1 aromatic carbocycles. The Kier molecular flexibility index (Phi) is 4.44. The maximum absolute atomic E-state index is 12.9. The van der Waals surface area contributed by atoms with Gasteiger partial charge in [-0.05, 0) is 54.8 Å². The molecule has 1 saturated carbocycles. The highest BCUT2D eigenvalue weighted by Crippen LogP contribution is 2.39. The van der Waals surface area contributed by atoms with Crippen LogP contribution in [0.15, 0.2) is 18.2 Å². The normalized spacial score (nSPS) is 29.9. The standard InChI is InChI=1S/C21H26N4O3/c26-19-7-6-18(20(27)24-19)25-11-16-13(2-1-3-14(16)21(25)28)8-23-17-10-22-9-15(17)12-4-5-12/h1-3,12,15,17-18,22-23H,4-11H2,(H,24,26,27). The van der Waals surface area contributed by atoms with Crippen LogP contribution in [0.2, 0.25) is 0 Å². The molecular formula is C21H26N4O3. The maximum atomic E-state index is 12.9. The Balaban J connectivity index is 1.30. The molecule has 0 aromatic heterocycles. The van der Waals surface area contributed by atoms with E-state index in [2.05, 4.69) is 22.0 Å². The molecule has 3 amide bonds. The van der Waals surface area contributed by atoms with E-state index in [0.717, 1.165) is 36.7 Å². The van der Waals surface area contributed by atoms with E-state index in [4.69, 9.17) is 0 Å². The molecule has 1 aromatic rings. The van der Waals surface area contributed by atoms with Gasteiger partial charge in [0.1, 0.15) is 6.04 Å². The lowest BCUT2D eigenvalue weighted by molar-refractivity contribution is -0.136. The van der Waals surface area contributed by atoms with Crippen molar-refractivity contribution in [3.05, 3.63) is 34.9 Å². The maximum Gasteiger partial charge on any atom is 0.255 e. The Labute approximate surface area is 164 Å². The molecule has 1 aliphatic carbocycles. The van der Waals surface area contributed by atoms with E-state index in [9.17, 15) is 14.4 Å². The summed E-state index contributed by atoms with van der Waals surface area (Å²) < 4.78 is 0. The first kappa shape index (κ1) is 17.8. The molecule has 7 nitrogen and oxygen atoms in total. The lowest BCUT2D eigenvalue weighted by Gasteiger charge is -2.29. The molecule has 28 heavy (non-hydrogen) atoms. The number of hydrogen-bond acceptors (Lipinski definition) is 5. The summed E-state index contributed by atoms with van der Waals surface area (Å²) in [5, 5.41) is 9.57. The number of rotatable bonds is 5. The predicted molar refractivity (Wildman–Crippen MR) is 102 cm³/mol. The van der Waals surface area contributed by atoms with Gasteiger partial charge in [0.15, 0.2) is 0 Å². The Hall–Kier alpha value is -2.25. The number of benzene rings is 1. The number of amides is 3. The summed E-state index contributed by atoms with van der Waals surface area (Å²) in [4.78, 5) is 38.2. The van der Waals surface area contributed by atoms with Crippen LogP contribution in [-0.2, 0) is 22.7 Å². The highest BCUT2D eigenvalue weighted by Gasteiger charge is 2.41. The molecule has 5 rings (SSSR count). The van der Waals surface area contributed by atoms with E-state index in [1.807, 2.05) is 12.1 Å². The number of fused-ring (bicyclic) bond motifs is 1. The highest BCUT2D eigenvalue weighted by atomic mass is 16.2. The molecular weight excluding hydrogens is 356 g/mol. The Morgan fingerprint density at radius 1 is 1.11 bits per heavy atom. The zero-order valence-corrected chi connectivity index (χ0v) is 15.9. The van der Waals surface area contributed by atoms with Crippen molar-refractivity contribution in [1.82, 2.24) is 20.9 Å². The topological polar surface area (TPSA) is 90.5 Å². The fraction of sp³-hybridized carbons (Fsp3) is 0.571. The Morgan fingerprint density at radius 2 is 1.96 bits per heavy atom. The second-order valence-corrected chi connectivity index (χ2v) is 8.49. The van der Waals surface area contributed by atoms with Crippen LogP contribution in [0.5, 0.6) is 0 Å². The van der Waals surface area contributed by atoms with E-state index >= 15 is 0 Å². The molecule has 0 spiro atoms. The van der Waals surface area contributed by atoms with Gasteiger partial charge in [-0.1, -0.05) is 12.1 Å². The second-order valence-electron chi connectivity index (χ2n) is 8.49. The summed E-state index contributed by atoms with van der Waals surface area (Å²) in [5.74, 6) is 0.841. The summed E-state index contributed by atoms with van der Waals surface area (Å²) >= 11 is 0. The third-order valence-electron chi connectivity index (χ3n) is 6.72. The molecule has 3 unspecified atom stereocenters. The number of carbonyl (C=O) groups is 3. The van der Waals surface area contributed by atoms with Crippen molar-refractivity contribution in [1.29, 1.82) is 0 Å². The van der Waals surface area contributed by atoms with Crippen LogP contribution in [0, 0.1) is 11.8 Å². The molecule has 2 saturated heterocycles. The van der Waals surface area contributed by atoms with Gasteiger partial charge in [0, 0.05) is 37.7 Å². The van der Waals surface area contributed by atoms with E-state index < -0.39 is 6.04 Å². The molecule has 148 valence electrons. The number of nitrogens with one attached hydrogen (secondary N) is 3. The second kappa shape index (κ2) is 6.97. The van der Waals surface area contributed by atoms with Gasteiger partial charge in [-0.15, -0.1) is 0 Å². The van der Waals surface area contributed by atoms with E-state index in [0.29, 0.717) is 30.5 Å². The molecule has 0 bridgehead atoms. The smallest absolute Gasteiger partial charge is 0.255 e. The predicted octanol–water partition coefficient (Wildman–Crippen LogP) is 0.535. The lowest BCUT2D eigenvalue weighted by atomic mass is 9.97. The van der Waals surface area contributed by atoms with Gasteiger partial charge in [0.25, 0.3) is 5.91 Å². The van der Waals surface area contributed by atoms with Gasteiger partial charge in [-0.2, -0.15) is 0 Å². The van der Waals surface area contributed by atoms with Crippen LogP contribution < -0.4 is 16.0 Å². The highest BCUT2D eigenvalue weighted by molar-refractivity contribution is 6.05. The van der Waals surface area contributed by atoms with Gasteiger partial charge >= 0.3 is 0 Å². The number of imide groups is 1. The molecule has 3 atom stereocenters. The first-order valence-electron chi connectivity index (χ1n) is 10.3. The van der Waals surface area contributed by atoms with E-state index in [1.165, 1.54) is 12.8 Å². The number of nitrogens with zero attached hydrogens (tertiary/aromatic N) is 1. The number of hydrogen-bond donors (Lipinski definition) is 3. The van der Waals surface area contributed by atoms with E-state index in [-0.39, 0.29) is 24.1 Å². The average molecular weight is 382 g/mol. The van der Waals surface area contributed by atoms with Crippen LogP contribution in [0.3, 0.4) is 0 Å².